The van der Waals surface area contributed by atoms with Crippen LogP contribution in [0.2, 0.25) is 5.02 Å². The maximum absolute atomic E-state index is 11.5. The Morgan fingerprint density at radius 2 is 1.93 bits per heavy atom. The van der Waals surface area contributed by atoms with Crippen molar-refractivity contribution in [2.75, 3.05) is 5.32 Å². The quantitative estimate of drug-likeness (QED) is 0.464. The highest BCUT2D eigenvalue weighted by Crippen LogP contribution is 2.33. The third-order valence-corrected chi connectivity index (χ3v) is 5.28. The third kappa shape index (κ3) is 4.14. The summed E-state index contributed by atoms with van der Waals surface area (Å²) in [5.41, 5.74) is 0.476. The van der Waals surface area contributed by atoms with Gasteiger partial charge in [0.1, 0.15) is 17.6 Å². The number of primary sulfonamides is 1. The summed E-state index contributed by atoms with van der Waals surface area (Å²) < 4.78 is 24.8. The molecule has 146 valence electrons. The first kappa shape index (κ1) is 19.8. The third-order valence-electron chi connectivity index (χ3n) is 4.11. The number of aromatic nitrogens is 2. The van der Waals surface area contributed by atoms with Gasteiger partial charge in [-0.25, -0.2) is 18.5 Å². The minimum atomic E-state index is -4.07. The fourth-order valence-electron chi connectivity index (χ4n) is 2.72. The molecule has 0 spiro atoms. The van der Waals surface area contributed by atoms with Crippen molar-refractivity contribution in [3.63, 3.8) is 0 Å². The SMILES string of the molecule is Cn1ccnc1C(Nc1ccc(S(N)(=O)=O)cc1[N+](=O)[O-])c1ccc(Cl)cc1. The Morgan fingerprint density at radius 1 is 1.25 bits per heavy atom. The first-order chi connectivity index (χ1) is 13.2. The molecule has 0 aliphatic rings. The summed E-state index contributed by atoms with van der Waals surface area (Å²) >= 11 is 5.96. The molecular formula is C17H16ClN5O4S. The van der Waals surface area contributed by atoms with Crippen molar-refractivity contribution in [3.05, 3.63) is 81.4 Å². The Kier molecular flexibility index (Phi) is 5.36. The smallest absolute Gasteiger partial charge is 0.293 e. The molecule has 0 aliphatic carbocycles. The number of sulfonamides is 1. The van der Waals surface area contributed by atoms with Crippen molar-refractivity contribution in [1.29, 1.82) is 0 Å². The van der Waals surface area contributed by atoms with Crippen LogP contribution in [-0.2, 0) is 17.1 Å². The van der Waals surface area contributed by atoms with Crippen LogP contribution in [0.5, 0.6) is 0 Å². The van der Waals surface area contributed by atoms with Gasteiger partial charge in [0.25, 0.3) is 5.69 Å². The number of nitro benzene ring substituents is 1. The zero-order valence-corrected chi connectivity index (χ0v) is 16.2. The molecule has 0 saturated heterocycles. The van der Waals surface area contributed by atoms with Crippen molar-refractivity contribution in [2.45, 2.75) is 10.9 Å². The zero-order valence-electron chi connectivity index (χ0n) is 14.6. The van der Waals surface area contributed by atoms with Gasteiger partial charge in [0.15, 0.2) is 0 Å². The number of imidazole rings is 1. The van der Waals surface area contributed by atoms with Gasteiger partial charge in [0.05, 0.1) is 9.82 Å². The number of nitrogens with one attached hydrogen (secondary N) is 1. The van der Waals surface area contributed by atoms with Gasteiger partial charge in [-0.3, -0.25) is 10.1 Å². The zero-order chi connectivity index (χ0) is 20.5. The summed E-state index contributed by atoms with van der Waals surface area (Å²) in [6, 6.07) is 9.86. The van der Waals surface area contributed by atoms with E-state index in [0.29, 0.717) is 10.8 Å². The number of nitrogens with two attached hydrogens (primary N) is 1. The molecule has 1 aromatic heterocycles. The molecule has 3 rings (SSSR count). The van der Waals surface area contributed by atoms with Crippen LogP contribution >= 0.6 is 11.6 Å². The van der Waals surface area contributed by atoms with E-state index in [4.69, 9.17) is 16.7 Å². The average molecular weight is 422 g/mol. The molecule has 3 aromatic rings. The van der Waals surface area contributed by atoms with E-state index in [1.165, 1.54) is 12.1 Å². The molecule has 3 N–H and O–H groups in total. The van der Waals surface area contributed by atoms with Gasteiger partial charge in [-0.1, -0.05) is 23.7 Å². The molecule has 0 fully saturated rings. The minimum Gasteiger partial charge on any atom is -0.366 e. The maximum Gasteiger partial charge on any atom is 0.293 e. The van der Waals surface area contributed by atoms with Crippen molar-refractivity contribution in [1.82, 2.24) is 9.55 Å². The van der Waals surface area contributed by atoms with Crippen LogP contribution in [0.15, 0.2) is 59.8 Å². The molecule has 28 heavy (non-hydrogen) atoms. The van der Waals surface area contributed by atoms with Gasteiger partial charge in [0.2, 0.25) is 10.0 Å². The van der Waals surface area contributed by atoms with E-state index in [0.717, 1.165) is 11.6 Å². The van der Waals surface area contributed by atoms with Crippen LogP contribution in [0.1, 0.15) is 17.4 Å². The first-order valence-electron chi connectivity index (χ1n) is 7.97. The molecule has 1 atom stereocenters. The number of nitrogens with zero attached hydrogens (tertiary/aromatic N) is 3. The summed E-state index contributed by atoms with van der Waals surface area (Å²) in [5.74, 6) is 0.604. The molecule has 0 saturated carbocycles. The number of hydrogen-bond donors (Lipinski definition) is 2. The topological polar surface area (TPSA) is 133 Å². The van der Waals surface area contributed by atoms with E-state index in [-0.39, 0.29) is 10.6 Å². The highest BCUT2D eigenvalue weighted by atomic mass is 35.5. The van der Waals surface area contributed by atoms with E-state index in [1.54, 1.807) is 48.3 Å². The Hall–Kier alpha value is -2.95. The van der Waals surface area contributed by atoms with Crippen LogP contribution in [0.4, 0.5) is 11.4 Å². The number of aryl methyl sites for hydroxylation is 1. The molecule has 1 unspecified atom stereocenters. The molecule has 0 amide bonds. The number of hydrogen-bond acceptors (Lipinski definition) is 6. The Labute approximate surface area is 166 Å². The standard InChI is InChI=1S/C17H16ClN5O4S/c1-22-9-8-20-17(22)16(11-2-4-12(18)5-3-11)21-14-7-6-13(28(19,26)27)10-15(14)23(24)25/h2-10,16,21H,1H3,(H2,19,26,27). The van der Waals surface area contributed by atoms with Crippen molar-refractivity contribution in [2.24, 2.45) is 12.2 Å². The summed E-state index contributed by atoms with van der Waals surface area (Å²) in [4.78, 5) is 14.8. The normalized spacial score (nSPS) is 12.5. The molecule has 2 aromatic carbocycles. The summed E-state index contributed by atoms with van der Waals surface area (Å²) in [6.45, 7) is 0. The van der Waals surface area contributed by atoms with Crippen molar-refractivity contribution in [3.8, 4) is 0 Å². The highest BCUT2D eigenvalue weighted by Gasteiger charge is 2.24. The number of anilines is 1. The second-order valence-corrected chi connectivity index (χ2v) is 8.00. The van der Waals surface area contributed by atoms with E-state index in [1.807, 2.05) is 0 Å². The minimum absolute atomic E-state index is 0.125. The van der Waals surface area contributed by atoms with E-state index >= 15 is 0 Å². The molecule has 1 heterocycles. The van der Waals surface area contributed by atoms with Crippen LogP contribution in [0, 0.1) is 10.1 Å². The van der Waals surface area contributed by atoms with Crippen molar-refractivity contribution < 1.29 is 13.3 Å². The number of rotatable bonds is 6. The molecule has 0 radical (unpaired) electrons. The van der Waals surface area contributed by atoms with Crippen molar-refractivity contribution >= 4 is 33.0 Å². The number of nitro groups is 1. The van der Waals surface area contributed by atoms with Crippen LogP contribution in [0.3, 0.4) is 0 Å². The lowest BCUT2D eigenvalue weighted by Gasteiger charge is -2.20. The summed E-state index contributed by atoms with van der Waals surface area (Å²) in [6.07, 6.45) is 3.36. The Balaban J connectivity index is 2.10. The van der Waals surface area contributed by atoms with Gasteiger partial charge >= 0.3 is 0 Å². The molecule has 0 bridgehead atoms. The highest BCUT2D eigenvalue weighted by molar-refractivity contribution is 7.89. The van der Waals surface area contributed by atoms with Crippen LogP contribution in [-0.4, -0.2) is 22.9 Å². The maximum atomic E-state index is 11.5. The van der Waals surface area contributed by atoms with Gasteiger partial charge in [-0.15, -0.1) is 0 Å². The fourth-order valence-corrected chi connectivity index (χ4v) is 3.38. The Bertz CT molecular complexity index is 1130. The molecule has 9 nitrogen and oxygen atoms in total. The second-order valence-electron chi connectivity index (χ2n) is 6.01. The monoisotopic (exact) mass is 421 g/mol. The average Bonchev–Trinajstić information content (AvgIpc) is 3.05. The number of benzene rings is 2. The van der Waals surface area contributed by atoms with Gasteiger partial charge in [0, 0.05) is 30.5 Å². The van der Waals surface area contributed by atoms with Gasteiger partial charge in [-0.05, 0) is 29.8 Å². The van der Waals surface area contributed by atoms with E-state index in [2.05, 4.69) is 10.3 Å². The van der Waals surface area contributed by atoms with E-state index in [9.17, 15) is 18.5 Å². The summed E-state index contributed by atoms with van der Waals surface area (Å²) in [7, 11) is -2.28. The lowest BCUT2D eigenvalue weighted by atomic mass is 10.1. The van der Waals surface area contributed by atoms with Crippen LogP contribution in [0.25, 0.3) is 0 Å². The predicted molar refractivity (Wildman–Crippen MR) is 105 cm³/mol. The predicted octanol–water partition coefficient (Wildman–Crippen LogP) is 2.83. The molecule has 11 heteroatoms. The van der Waals surface area contributed by atoms with Gasteiger partial charge in [-0.2, -0.15) is 0 Å². The Morgan fingerprint density at radius 3 is 2.46 bits per heavy atom. The fraction of sp³-hybridized carbons (Fsp3) is 0.118. The lowest BCUT2D eigenvalue weighted by molar-refractivity contribution is -0.384. The first-order valence-corrected chi connectivity index (χ1v) is 9.89. The largest absolute Gasteiger partial charge is 0.366 e. The summed E-state index contributed by atoms with van der Waals surface area (Å²) in [5, 5.41) is 20.2. The molecule has 0 aliphatic heterocycles. The lowest BCUT2D eigenvalue weighted by Crippen LogP contribution is -2.18. The van der Waals surface area contributed by atoms with E-state index < -0.39 is 26.7 Å². The number of halogens is 1. The van der Waals surface area contributed by atoms with Gasteiger partial charge < -0.3 is 9.88 Å². The second kappa shape index (κ2) is 7.58. The van der Waals surface area contributed by atoms with Crippen LogP contribution < -0.4 is 10.5 Å². The molecular weight excluding hydrogens is 406 g/mol.